The first kappa shape index (κ1) is 13.9. The zero-order valence-electron chi connectivity index (χ0n) is 12.0. The van der Waals surface area contributed by atoms with Crippen molar-refractivity contribution in [2.75, 3.05) is 5.32 Å². The molecule has 6 heteroatoms. The van der Waals surface area contributed by atoms with Crippen LogP contribution in [0.5, 0.6) is 5.75 Å². The van der Waals surface area contributed by atoms with E-state index in [4.69, 9.17) is 4.74 Å². The number of amides is 1. The fraction of sp³-hybridized carbons (Fsp3) is 0.235. The number of carbonyl (C=O) groups is 1. The summed E-state index contributed by atoms with van der Waals surface area (Å²) in [5, 5.41) is 5.92. The Kier molecular flexibility index (Phi) is 2.94. The number of rotatable bonds is 3. The maximum atomic E-state index is 12.9. The highest BCUT2D eigenvalue weighted by molar-refractivity contribution is 6.00. The molecule has 116 valence electrons. The van der Waals surface area contributed by atoms with Gasteiger partial charge in [-0.2, -0.15) is 4.91 Å². The number of hydrogen-bond acceptors (Lipinski definition) is 4. The molecule has 0 saturated heterocycles. The van der Waals surface area contributed by atoms with E-state index < -0.39 is 11.6 Å². The first-order valence-electron chi connectivity index (χ1n) is 7.31. The number of carbonyl (C=O) groups excluding carboxylic acids is 1. The van der Waals surface area contributed by atoms with Crippen molar-refractivity contribution < 1.29 is 13.9 Å². The summed E-state index contributed by atoms with van der Waals surface area (Å²) in [6.45, 7) is 0. The molecule has 5 nitrogen and oxygen atoms in total. The van der Waals surface area contributed by atoms with Crippen LogP contribution in [-0.2, 0) is 4.79 Å². The molecular weight excluding hydrogens is 299 g/mol. The van der Waals surface area contributed by atoms with Gasteiger partial charge in [-0.25, -0.2) is 4.39 Å². The van der Waals surface area contributed by atoms with Crippen LogP contribution in [-0.4, -0.2) is 11.5 Å². The van der Waals surface area contributed by atoms with E-state index >= 15 is 0 Å². The first-order chi connectivity index (χ1) is 11.1. The van der Waals surface area contributed by atoms with Gasteiger partial charge in [-0.3, -0.25) is 4.79 Å². The molecule has 0 radical (unpaired) electrons. The zero-order valence-corrected chi connectivity index (χ0v) is 12.0. The number of benzene rings is 2. The molecule has 1 heterocycles. The molecule has 0 spiro atoms. The summed E-state index contributed by atoms with van der Waals surface area (Å²) in [6, 6.07) is 12.0. The molecule has 3 atom stereocenters. The highest BCUT2D eigenvalue weighted by Gasteiger charge is 2.69. The second kappa shape index (κ2) is 4.87. The summed E-state index contributed by atoms with van der Waals surface area (Å²) in [5.74, 6) is -0.466. The van der Waals surface area contributed by atoms with Crippen LogP contribution in [0.4, 0.5) is 10.1 Å². The standard InChI is InChI=1S/C17H13FN2O3/c18-10-5-7-11(8-6-10)19-16(21)17-9-13(17)15(20-22)12-3-1-2-4-14(12)23-17/h1-8,13,15H,9H2,(H,19,21). The molecule has 1 fully saturated rings. The summed E-state index contributed by atoms with van der Waals surface area (Å²) < 4.78 is 18.8. The molecule has 4 rings (SSSR count). The fourth-order valence-corrected chi connectivity index (χ4v) is 3.19. The molecule has 1 saturated carbocycles. The average molecular weight is 312 g/mol. The van der Waals surface area contributed by atoms with E-state index in [1.165, 1.54) is 24.3 Å². The quantitative estimate of drug-likeness (QED) is 0.883. The van der Waals surface area contributed by atoms with Crippen molar-refractivity contribution in [3.8, 4) is 5.75 Å². The fourth-order valence-electron chi connectivity index (χ4n) is 3.19. The normalized spacial score (nSPS) is 27.2. The van der Waals surface area contributed by atoms with Crippen molar-refractivity contribution in [3.05, 3.63) is 64.8 Å². The monoisotopic (exact) mass is 312 g/mol. The van der Waals surface area contributed by atoms with E-state index in [1.807, 2.05) is 6.07 Å². The maximum Gasteiger partial charge on any atom is 0.268 e. The molecule has 2 aliphatic rings. The summed E-state index contributed by atoms with van der Waals surface area (Å²) >= 11 is 0. The van der Waals surface area contributed by atoms with E-state index in [1.54, 1.807) is 18.2 Å². The smallest absolute Gasteiger partial charge is 0.268 e. The number of nitroso groups, excluding NO2 is 1. The molecular formula is C17H13FN2O3. The number of para-hydroxylation sites is 1. The van der Waals surface area contributed by atoms with Gasteiger partial charge in [0.1, 0.15) is 17.6 Å². The average Bonchev–Trinajstić information content (AvgIpc) is 3.30. The minimum Gasteiger partial charge on any atom is -0.477 e. The van der Waals surface area contributed by atoms with Gasteiger partial charge in [-0.1, -0.05) is 23.4 Å². The largest absolute Gasteiger partial charge is 0.477 e. The molecule has 1 aliphatic heterocycles. The Morgan fingerprint density at radius 3 is 2.70 bits per heavy atom. The van der Waals surface area contributed by atoms with Crippen LogP contribution >= 0.6 is 0 Å². The Morgan fingerprint density at radius 1 is 1.22 bits per heavy atom. The number of nitrogens with zero attached hydrogens (tertiary/aromatic N) is 1. The number of nitrogens with one attached hydrogen (secondary N) is 1. The minimum atomic E-state index is -1.07. The third-order valence-corrected chi connectivity index (χ3v) is 4.47. The van der Waals surface area contributed by atoms with Gasteiger partial charge in [0.05, 0.1) is 0 Å². The van der Waals surface area contributed by atoms with Gasteiger partial charge in [0.2, 0.25) is 0 Å². The van der Waals surface area contributed by atoms with E-state index in [-0.39, 0.29) is 17.6 Å². The summed E-state index contributed by atoms with van der Waals surface area (Å²) in [6.07, 6.45) is 0.436. The number of anilines is 1. The third kappa shape index (κ3) is 2.10. The van der Waals surface area contributed by atoms with E-state index in [2.05, 4.69) is 10.5 Å². The van der Waals surface area contributed by atoms with Crippen molar-refractivity contribution in [3.63, 3.8) is 0 Å². The van der Waals surface area contributed by atoms with Gasteiger partial charge in [0, 0.05) is 23.6 Å². The predicted molar refractivity (Wildman–Crippen MR) is 81.5 cm³/mol. The SMILES string of the molecule is O=NC1c2ccccc2OC2(C(=O)Nc3ccc(F)cc3)CC12. The van der Waals surface area contributed by atoms with Gasteiger partial charge in [-0.15, -0.1) is 0 Å². The summed E-state index contributed by atoms with van der Waals surface area (Å²) in [7, 11) is 0. The lowest BCUT2D eigenvalue weighted by atomic mass is 9.96. The van der Waals surface area contributed by atoms with Crippen molar-refractivity contribution >= 4 is 11.6 Å². The Balaban J connectivity index is 1.62. The molecule has 2 aromatic carbocycles. The molecule has 0 aromatic heterocycles. The lowest BCUT2D eigenvalue weighted by Crippen LogP contribution is -2.40. The third-order valence-electron chi connectivity index (χ3n) is 4.47. The predicted octanol–water partition coefficient (Wildman–Crippen LogP) is 3.42. The van der Waals surface area contributed by atoms with Crippen LogP contribution in [0.15, 0.2) is 53.7 Å². The number of ether oxygens (including phenoxy) is 1. The topological polar surface area (TPSA) is 67.8 Å². The maximum absolute atomic E-state index is 12.9. The highest BCUT2D eigenvalue weighted by atomic mass is 19.1. The minimum absolute atomic E-state index is 0.268. The number of fused-ring (bicyclic) bond motifs is 2. The van der Waals surface area contributed by atoms with Gasteiger partial charge in [0.15, 0.2) is 5.60 Å². The van der Waals surface area contributed by atoms with Crippen LogP contribution in [0.1, 0.15) is 18.0 Å². The lowest BCUT2D eigenvalue weighted by molar-refractivity contribution is -0.125. The molecule has 1 amide bonds. The highest BCUT2D eigenvalue weighted by Crippen LogP contribution is 2.60. The van der Waals surface area contributed by atoms with Gasteiger partial charge < -0.3 is 10.1 Å². The summed E-state index contributed by atoms with van der Waals surface area (Å²) in [4.78, 5) is 23.9. The molecule has 1 N–H and O–H groups in total. The van der Waals surface area contributed by atoms with Crippen LogP contribution in [0, 0.1) is 16.6 Å². The van der Waals surface area contributed by atoms with Crippen molar-refractivity contribution in [2.45, 2.75) is 18.1 Å². The van der Waals surface area contributed by atoms with E-state index in [0.29, 0.717) is 17.9 Å². The van der Waals surface area contributed by atoms with Gasteiger partial charge >= 0.3 is 0 Å². The molecule has 1 aliphatic carbocycles. The molecule has 3 unspecified atom stereocenters. The van der Waals surface area contributed by atoms with E-state index in [9.17, 15) is 14.1 Å². The molecule has 2 aromatic rings. The van der Waals surface area contributed by atoms with Crippen LogP contribution in [0.3, 0.4) is 0 Å². The second-order valence-electron chi connectivity index (χ2n) is 5.85. The Morgan fingerprint density at radius 2 is 1.96 bits per heavy atom. The van der Waals surface area contributed by atoms with Gasteiger partial charge in [-0.05, 0) is 30.3 Å². The zero-order chi connectivity index (χ0) is 16.0. The first-order valence-corrected chi connectivity index (χ1v) is 7.31. The Hall–Kier alpha value is -2.76. The number of halogens is 1. The lowest BCUT2D eigenvalue weighted by Gasteiger charge is -2.27. The Bertz CT molecular complexity index is 793. The second-order valence-corrected chi connectivity index (χ2v) is 5.85. The van der Waals surface area contributed by atoms with Crippen molar-refractivity contribution in [1.29, 1.82) is 0 Å². The summed E-state index contributed by atoms with van der Waals surface area (Å²) in [5.41, 5.74) is 0.131. The van der Waals surface area contributed by atoms with Crippen LogP contribution in [0.25, 0.3) is 0 Å². The van der Waals surface area contributed by atoms with Crippen molar-refractivity contribution in [2.24, 2.45) is 11.1 Å². The van der Waals surface area contributed by atoms with E-state index in [0.717, 1.165) is 5.56 Å². The van der Waals surface area contributed by atoms with Crippen molar-refractivity contribution in [1.82, 2.24) is 0 Å². The van der Waals surface area contributed by atoms with Crippen LogP contribution < -0.4 is 10.1 Å². The Labute approximate surface area is 131 Å². The molecule has 0 bridgehead atoms. The molecule has 23 heavy (non-hydrogen) atoms. The van der Waals surface area contributed by atoms with Crippen LogP contribution in [0.2, 0.25) is 0 Å². The van der Waals surface area contributed by atoms with Gasteiger partial charge in [0.25, 0.3) is 5.91 Å². The number of hydrogen-bond donors (Lipinski definition) is 1.